The molecule has 0 aliphatic rings. The number of carbonyl (C=O) groups excluding carboxylic acids is 1. The standard InChI is InChI=1S/C12H15Cl3N2O2/c1-7(6-18)17(2)5-11(19)16-12-9(14)3-8(13)4-10(12)15/h3-4,7,18H,5-6H2,1-2H3,(H,16,19). The van der Waals surface area contributed by atoms with E-state index in [1.807, 2.05) is 6.92 Å². The minimum absolute atomic E-state index is 0.0216. The summed E-state index contributed by atoms with van der Waals surface area (Å²) in [6.07, 6.45) is 0. The van der Waals surface area contributed by atoms with Crippen molar-refractivity contribution >= 4 is 46.4 Å². The van der Waals surface area contributed by atoms with Gasteiger partial charge >= 0.3 is 0 Å². The molecular weight excluding hydrogens is 311 g/mol. The highest BCUT2D eigenvalue weighted by Gasteiger charge is 2.15. The molecule has 19 heavy (non-hydrogen) atoms. The van der Waals surface area contributed by atoms with Gasteiger partial charge in [-0.3, -0.25) is 9.69 Å². The molecule has 0 spiro atoms. The molecule has 0 saturated carbocycles. The number of hydrogen-bond donors (Lipinski definition) is 2. The zero-order valence-corrected chi connectivity index (χ0v) is 12.9. The zero-order valence-electron chi connectivity index (χ0n) is 10.6. The van der Waals surface area contributed by atoms with Crippen LogP contribution in [0.5, 0.6) is 0 Å². The second kappa shape index (κ2) is 7.31. The van der Waals surface area contributed by atoms with Gasteiger partial charge < -0.3 is 10.4 Å². The van der Waals surface area contributed by atoms with Gasteiger partial charge in [0.05, 0.1) is 28.9 Å². The topological polar surface area (TPSA) is 52.6 Å². The van der Waals surface area contributed by atoms with Crippen LogP contribution in [0.2, 0.25) is 15.1 Å². The maximum absolute atomic E-state index is 11.8. The molecule has 7 heteroatoms. The number of carbonyl (C=O) groups is 1. The van der Waals surface area contributed by atoms with E-state index in [2.05, 4.69) is 5.32 Å². The Balaban J connectivity index is 2.73. The second-order valence-electron chi connectivity index (χ2n) is 4.24. The number of nitrogens with one attached hydrogen (secondary N) is 1. The molecule has 0 aromatic heterocycles. The van der Waals surface area contributed by atoms with Crippen LogP contribution < -0.4 is 5.32 Å². The molecule has 4 nitrogen and oxygen atoms in total. The van der Waals surface area contributed by atoms with Gasteiger partial charge in [0, 0.05) is 11.1 Å². The molecule has 0 aliphatic carbocycles. The summed E-state index contributed by atoms with van der Waals surface area (Å²) < 4.78 is 0. The summed E-state index contributed by atoms with van der Waals surface area (Å²) in [7, 11) is 1.74. The van der Waals surface area contributed by atoms with Crippen molar-refractivity contribution in [3.05, 3.63) is 27.2 Å². The van der Waals surface area contributed by atoms with Crippen molar-refractivity contribution in [2.75, 3.05) is 25.5 Å². The van der Waals surface area contributed by atoms with Crippen LogP contribution in [-0.4, -0.2) is 42.2 Å². The molecule has 1 unspecified atom stereocenters. The Morgan fingerprint density at radius 2 is 1.89 bits per heavy atom. The van der Waals surface area contributed by atoms with E-state index in [-0.39, 0.29) is 35.1 Å². The normalized spacial score (nSPS) is 12.6. The van der Waals surface area contributed by atoms with Crippen molar-refractivity contribution in [2.45, 2.75) is 13.0 Å². The van der Waals surface area contributed by atoms with Crippen molar-refractivity contribution in [2.24, 2.45) is 0 Å². The van der Waals surface area contributed by atoms with Crippen LogP contribution in [0.1, 0.15) is 6.92 Å². The van der Waals surface area contributed by atoms with Crippen LogP contribution in [0.15, 0.2) is 12.1 Å². The Morgan fingerprint density at radius 1 is 1.37 bits per heavy atom. The van der Waals surface area contributed by atoms with Gasteiger partial charge in [-0.15, -0.1) is 0 Å². The number of aliphatic hydroxyl groups is 1. The molecule has 2 N–H and O–H groups in total. The van der Waals surface area contributed by atoms with Crippen LogP contribution >= 0.6 is 34.8 Å². The zero-order chi connectivity index (χ0) is 14.6. The predicted octanol–water partition coefficient (Wildman–Crippen LogP) is 2.90. The van der Waals surface area contributed by atoms with Crippen LogP contribution in [0.3, 0.4) is 0 Å². The molecule has 1 aromatic carbocycles. The van der Waals surface area contributed by atoms with E-state index in [0.717, 1.165) is 0 Å². The fourth-order valence-electron chi connectivity index (χ4n) is 1.36. The number of likely N-dealkylation sites (N-methyl/N-ethyl adjacent to an activating group) is 1. The molecule has 0 radical (unpaired) electrons. The largest absolute Gasteiger partial charge is 0.395 e. The third-order valence-electron chi connectivity index (χ3n) is 2.68. The lowest BCUT2D eigenvalue weighted by molar-refractivity contribution is -0.117. The first kappa shape index (κ1) is 16.5. The van der Waals surface area contributed by atoms with E-state index in [1.165, 1.54) is 12.1 Å². The monoisotopic (exact) mass is 324 g/mol. The Labute approximate surface area is 127 Å². The number of rotatable bonds is 5. The molecule has 1 atom stereocenters. The number of aliphatic hydroxyl groups excluding tert-OH is 1. The van der Waals surface area contributed by atoms with E-state index >= 15 is 0 Å². The Kier molecular flexibility index (Phi) is 6.36. The van der Waals surface area contributed by atoms with Gasteiger partial charge in [-0.1, -0.05) is 34.8 Å². The fraction of sp³-hybridized carbons (Fsp3) is 0.417. The van der Waals surface area contributed by atoms with Gasteiger partial charge in [0.1, 0.15) is 0 Å². The molecule has 1 rings (SSSR count). The van der Waals surface area contributed by atoms with E-state index in [1.54, 1.807) is 11.9 Å². The summed E-state index contributed by atoms with van der Waals surface area (Å²) >= 11 is 17.7. The van der Waals surface area contributed by atoms with Gasteiger partial charge in [0.2, 0.25) is 5.91 Å². The molecule has 0 saturated heterocycles. The van der Waals surface area contributed by atoms with E-state index < -0.39 is 0 Å². The highest BCUT2D eigenvalue weighted by molar-refractivity contribution is 6.42. The van der Waals surface area contributed by atoms with Crippen LogP contribution in [0.4, 0.5) is 5.69 Å². The molecule has 106 valence electrons. The first-order chi connectivity index (χ1) is 8.85. The lowest BCUT2D eigenvalue weighted by Crippen LogP contribution is -2.38. The Morgan fingerprint density at radius 3 is 2.37 bits per heavy atom. The molecule has 1 aromatic rings. The second-order valence-corrected chi connectivity index (χ2v) is 5.49. The summed E-state index contributed by atoms with van der Waals surface area (Å²) in [5.41, 5.74) is 0.336. The summed E-state index contributed by atoms with van der Waals surface area (Å²) in [5.74, 6) is -0.270. The number of hydrogen-bond acceptors (Lipinski definition) is 3. The highest BCUT2D eigenvalue weighted by Crippen LogP contribution is 2.33. The van der Waals surface area contributed by atoms with E-state index in [9.17, 15) is 4.79 Å². The van der Waals surface area contributed by atoms with Gasteiger partial charge in [0.25, 0.3) is 0 Å². The lowest BCUT2D eigenvalue weighted by atomic mass is 10.3. The quantitative estimate of drug-likeness (QED) is 0.875. The molecule has 1 amide bonds. The summed E-state index contributed by atoms with van der Waals surface area (Å²) in [4.78, 5) is 13.6. The number of benzene rings is 1. The minimum Gasteiger partial charge on any atom is -0.395 e. The summed E-state index contributed by atoms with van der Waals surface area (Å²) in [5, 5.41) is 12.6. The van der Waals surface area contributed by atoms with Crippen LogP contribution in [0.25, 0.3) is 0 Å². The average Bonchev–Trinajstić information content (AvgIpc) is 2.32. The molecular formula is C12H15Cl3N2O2. The first-order valence-electron chi connectivity index (χ1n) is 5.60. The van der Waals surface area contributed by atoms with E-state index in [0.29, 0.717) is 10.7 Å². The third-order valence-corrected chi connectivity index (χ3v) is 3.50. The smallest absolute Gasteiger partial charge is 0.238 e. The molecule has 0 fully saturated rings. The SMILES string of the molecule is CC(CO)N(C)CC(=O)Nc1c(Cl)cc(Cl)cc1Cl. The maximum Gasteiger partial charge on any atom is 0.238 e. The summed E-state index contributed by atoms with van der Waals surface area (Å²) in [6.45, 7) is 1.92. The molecule has 0 bridgehead atoms. The summed E-state index contributed by atoms with van der Waals surface area (Å²) in [6, 6.07) is 2.90. The number of nitrogens with zero attached hydrogens (tertiary/aromatic N) is 1. The average molecular weight is 326 g/mol. The minimum atomic E-state index is -0.270. The van der Waals surface area contributed by atoms with Gasteiger partial charge in [-0.2, -0.15) is 0 Å². The van der Waals surface area contributed by atoms with Gasteiger partial charge in [0.15, 0.2) is 0 Å². The van der Waals surface area contributed by atoms with Crippen molar-refractivity contribution in [3.8, 4) is 0 Å². The van der Waals surface area contributed by atoms with Gasteiger partial charge in [-0.25, -0.2) is 0 Å². The lowest BCUT2D eigenvalue weighted by Gasteiger charge is -2.22. The van der Waals surface area contributed by atoms with Crippen molar-refractivity contribution in [1.82, 2.24) is 4.90 Å². The van der Waals surface area contributed by atoms with Crippen molar-refractivity contribution in [1.29, 1.82) is 0 Å². The Hall–Kier alpha value is -0.520. The Bertz CT molecular complexity index is 445. The van der Waals surface area contributed by atoms with Crippen molar-refractivity contribution in [3.63, 3.8) is 0 Å². The first-order valence-corrected chi connectivity index (χ1v) is 6.74. The highest BCUT2D eigenvalue weighted by atomic mass is 35.5. The number of amides is 1. The van der Waals surface area contributed by atoms with Crippen LogP contribution in [0, 0.1) is 0 Å². The number of anilines is 1. The maximum atomic E-state index is 11.8. The number of halogens is 3. The van der Waals surface area contributed by atoms with E-state index in [4.69, 9.17) is 39.9 Å². The predicted molar refractivity (Wildman–Crippen MR) is 79.3 cm³/mol. The third kappa shape index (κ3) is 4.82. The van der Waals surface area contributed by atoms with Crippen LogP contribution in [-0.2, 0) is 4.79 Å². The fourth-order valence-corrected chi connectivity index (χ4v) is 2.27. The van der Waals surface area contributed by atoms with Crippen molar-refractivity contribution < 1.29 is 9.90 Å². The van der Waals surface area contributed by atoms with Gasteiger partial charge in [-0.05, 0) is 26.1 Å². The molecule has 0 aliphatic heterocycles. The molecule has 0 heterocycles.